The van der Waals surface area contributed by atoms with Crippen LogP contribution >= 0.6 is 0 Å². The molecule has 0 unspecified atom stereocenters. The zero-order valence-electron chi connectivity index (χ0n) is 9.91. The van der Waals surface area contributed by atoms with E-state index in [9.17, 15) is 4.79 Å². The van der Waals surface area contributed by atoms with Crippen LogP contribution in [-0.4, -0.2) is 19.6 Å². The van der Waals surface area contributed by atoms with E-state index >= 15 is 0 Å². The second-order valence-corrected chi connectivity index (χ2v) is 3.78. The molecule has 0 fully saturated rings. The van der Waals surface area contributed by atoms with Gasteiger partial charge in [0.15, 0.2) is 6.61 Å². The van der Waals surface area contributed by atoms with Crippen LogP contribution < -0.4 is 15.8 Å². The lowest BCUT2D eigenvalue weighted by Gasteiger charge is -2.11. The van der Waals surface area contributed by atoms with E-state index in [0.717, 1.165) is 11.1 Å². The average molecular weight is 222 g/mol. The maximum Gasteiger partial charge on any atom is 0.257 e. The molecule has 4 heteroatoms. The molecule has 0 saturated heterocycles. The summed E-state index contributed by atoms with van der Waals surface area (Å²) in [5.74, 6) is 0.573. The van der Waals surface area contributed by atoms with Crippen molar-refractivity contribution in [3.05, 3.63) is 29.3 Å². The Morgan fingerprint density at radius 2 is 2.25 bits per heavy atom. The number of hydrogen-bond acceptors (Lipinski definition) is 3. The first-order valence-electron chi connectivity index (χ1n) is 5.24. The van der Waals surface area contributed by atoms with Crippen molar-refractivity contribution >= 4 is 5.91 Å². The van der Waals surface area contributed by atoms with Crippen LogP contribution in [0.2, 0.25) is 0 Å². The molecule has 0 radical (unpaired) electrons. The van der Waals surface area contributed by atoms with Gasteiger partial charge in [0.05, 0.1) is 0 Å². The van der Waals surface area contributed by atoms with Crippen LogP contribution in [0.1, 0.15) is 24.1 Å². The second kappa shape index (κ2) is 5.51. The molecule has 0 aliphatic rings. The predicted molar refractivity (Wildman–Crippen MR) is 63.3 cm³/mol. The van der Waals surface area contributed by atoms with E-state index in [1.807, 2.05) is 32.0 Å². The van der Waals surface area contributed by atoms with Crippen LogP contribution in [0.5, 0.6) is 5.75 Å². The first-order valence-corrected chi connectivity index (χ1v) is 5.24. The van der Waals surface area contributed by atoms with Gasteiger partial charge in [0.25, 0.3) is 5.91 Å². The molecule has 0 heterocycles. The maximum absolute atomic E-state index is 11.0. The van der Waals surface area contributed by atoms with Gasteiger partial charge < -0.3 is 15.8 Å². The number of benzene rings is 1. The van der Waals surface area contributed by atoms with E-state index in [1.54, 1.807) is 7.05 Å². The molecule has 3 N–H and O–H groups in total. The summed E-state index contributed by atoms with van der Waals surface area (Å²) in [7, 11) is 1.58. The standard InChI is InChI=1S/C12H18N2O2/c1-8-6-10(9(2)13)4-5-11(8)16-7-12(15)14-3/h4-6,9H,7,13H2,1-3H3,(H,14,15)/t9-/m1/s1. The van der Waals surface area contributed by atoms with Crippen LogP contribution in [0, 0.1) is 6.92 Å². The Kier molecular flexibility index (Phi) is 4.31. The smallest absolute Gasteiger partial charge is 0.257 e. The van der Waals surface area contributed by atoms with Gasteiger partial charge in [-0.25, -0.2) is 0 Å². The SMILES string of the molecule is CNC(=O)COc1ccc([C@@H](C)N)cc1C. The van der Waals surface area contributed by atoms with Crippen LogP contribution in [0.25, 0.3) is 0 Å². The van der Waals surface area contributed by atoms with Gasteiger partial charge >= 0.3 is 0 Å². The number of aryl methyl sites for hydroxylation is 1. The highest BCUT2D eigenvalue weighted by molar-refractivity contribution is 5.77. The van der Waals surface area contributed by atoms with Crippen molar-refractivity contribution in [3.63, 3.8) is 0 Å². The van der Waals surface area contributed by atoms with E-state index in [2.05, 4.69) is 5.32 Å². The van der Waals surface area contributed by atoms with Crippen molar-refractivity contribution in [2.75, 3.05) is 13.7 Å². The minimum atomic E-state index is -0.143. The summed E-state index contributed by atoms with van der Waals surface area (Å²) in [5.41, 5.74) is 7.82. The summed E-state index contributed by atoms with van der Waals surface area (Å²) in [6.07, 6.45) is 0. The van der Waals surface area contributed by atoms with Crippen LogP contribution in [0.15, 0.2) is 18.2 Å². The Hall–Kier alpha value is -1.55. The van der Waals surface area contributed by atoms with Gasteiger partial charge in [0.2, 0.25) is 0 Å². The molecule has 0 spiro atoms. The molecular formula is C12H18N2O2. The molecule has 1 atom stereocenters. The maximum atomic E-state index is 11.0. The van der Waals surface area contributed by atoms with E-state index in [4.69, 9.17) is 10.5 Å². The van der Waals surface area contributed by atoms with Gasteiger partial charge in [0.1, 0.15) is 5.75 Å². The van der Waals surface area contributed by atoms with E-state index in [1.165, 1.54) is 0 Å². The number of hydrogen-bond donors (Lipinski definition) is 2. The summed E-state index contributed by atoms with van der Waals surface area (Å²) < 4.78 is 5.37. The number of rotatable bonds is 4. The van der Waals surface area contributed by atoms with Crippen molar-refractivity contribution in [2.24, 2.45) is 5.73 Å². The van der Waals surface area contributed by atoms with Crippen LogP contribution in [-0.2, 0) is 4.79 Å². The van der Waals surface area contributed by atoms with Crippen molar-refractivity contribution in [1.82, 2.24) is 5.32 Å². The number of carbonyl (C=O) groups excluding carboxylic acids is 1. The lowest BCUT2D eigenvalue weighted by atomic mass is 10.1. The van der Waals surface area contributed by atoms with Gasteiger partial charge in [-0.05, 0) is 31.0 Å². The van der Waals surface area contributed by atoms with Crippen molar-refractivity contribution in [3.8, 4) is 5.75 Å². The third-order valence-electron chi connectivity index (χ3n) is 2.36. The fourth-order valence-electron chi connectivity index (χ4n) is 1.33. The number of amides is 1. The van der Waals surface area contributed by atoms with Gasteiger partial charge in [-0.1, -0.05) is 12.1 Å². The average Bonchev–Trinajstić information content (AvgIpc) is 2.26. The summed E-state index contributed by atoms with van der Waals surface area (Å²) >= 11 is 0. The first-order chi connectivity index (χ1) is 7.54. The van der Waals surface area contributed by atoms with E-state index in [-0.39, 0.29) is 18.6 Å². The fourth-order valence-corrected chi connectivity index (χ4v) is 1.33. The predicted octanol–water partition coefficient (Wildman–Crippen LogP) is 1.14. The first kappa shape index (κ1) is 12.5. The van der Waals surface area contributed by atoms with Crippen molar-refractivity contribution < 1.29 is 9.53 Å². The number of nitrogens with two attached hydrogens (primary N) is 1. The van der Waals surface area contributed by atoms with Gasteiger partial charge in [-0.2, -0.15) is 0 Å². The monoisotopic (exact) mass is 222 g/mol. The zero-order valence-corrected chi connectivity index (χ0v) is 9.91. The Morgan fingerprint density at radius 3 is 2.75 bits per heavy atom. The largest absolute Gasteiger partial charge is 0.484 e. The number of ether oxygens (including phenoxy) is 1. The molecule has 0 aromatic heterocycles. The quantitative estimate of drug-likeness (QED) is 0.803. The summed E-state index contributed by atoms with van der Waals surface area (Å²) in [5, 5.41) is 2.50. The zero-order chi connectivity index (χ0) is 12.1. The lowest BCUT2D eigenvalue weighted by molar-refractivity contribution is -0.122. The Labute approximate surface area is 95.8 Å². The third kappa shape index (κ3) is 3.24. The lowest BCUT2D eigenvalue weighted by Crippen LogP contribution is -2.25. The summed E-state index contributed by atoms with van der Waals surface area (Å²) in [6.45, 7) is 3.90. The molecule has 0 aliphatic carbocycles. The van der Waals surface area contributed by atoms with E-state index in [0.29, 0.717) is 5.75 Å². The Bertz CT molecular complexity index is 375. The molecule has 16 heavy (non-hydrogen) atoms. The highest BCUT2D eigenvalue weighted by atomic mass is 16.5. The number of carbonyl (C=O) groups is 1. The molecule has 0 saturated carbocycles. The highest BCUT2D eigenvalue weighted by Gasteiger charge is 2.05. The molecule has 4 nitrogen and oxygen atoms in total. The molecular weight excluding hydrogens is 204 g/mol. The summed E-state index contributed by atoms with van der Waals surface area (Å²) in [6, 6.07) is 5.74. The molecule has 1 aromatic carbocycles. The molecule has 1 rings (SSSR count). The topological polar surface area (TPSA) is 64.3 Å². The van der Waals surface area contributed by atoms with Crippen molar-refractivity contribution in [1.29, 1.82) is 0 Å². The molecule has 1 aromatic rings. The van der Waals surface area contributed by atoms with Crippen molar-refractivity contribution in [2.45, 2.75) is 19.9 Å². The number of nitrogens with one attached hydrogen (secondary N) is 1. The van der Waals surface area contributed by atoms with Gasteiger partial charge in [-0.3, -0.25) is 4.79 Å². The molecule has 0 bridgehead atoms. The Morgan fingerprint density at radius 1 is 1.56 bits per heavy atom. The molecule has 88 valence electrons. The number of likely N-dealkylation sites (N-methyl/N-ethyl adjacent to an activating group) is 1. The second-order valence-electron chi connectivity index (χ2n) is 3.78. The van der Waals surface area contributed by atoms with Gasteiger partial charge in [-0.15, -0.1) is 0 Å². The minimum Gasteiger partial charge on any atom is -0.484 e. The van der Waals surface area contributed by atoms with E-state index < -0.39 is 0 Å². The Balaban J connectivity index is 2.72. The molecule has 1 amide bonds. The van der Waals surface area contributed by atoms with Gasteiger partial charge in [0, 0.05) is 13.1 Å². The fraction of sp³-hybridized carbons (Fsp3) is 0.417. The van der Waals surface area contributed by atoms with Crippen LogP contribution in [0.3, 0.4) is 0 Å². The minimum absolute atomic E-state index is 0.00619. The third-order valence-corrected chi connectivity index (χ3v) is 2.36. The van der Waals surface area contributed by atoms with Crippen LogP contribution in [0.4, 0.5) is 0 Å². The highest BCUT2D eigenvalue weighted by Crippen LogP contribution is 2.21. The normalized spacial score (nSPS) is 12.0. The summed E-state index contributed by atoms with van der Waals surface area (Å²) in [4.78, 5) is 11.0. The molecule has 0 aliphatic heterocycles.